The van der Waals surface area contributed by atoms with Gasteiger partial charge >= 0.3 is 0 Å². The van der Waals surface area contributed by atoms with Crippen molar-refractivity contribution in [3.05, 3.63) is 0 Å². The van der Waals surface area contributed by atoms with Gasteiger partial charge < -0.3 is 15.0 Å². The van der Waals surface area contributed by atoms with Gasteiger partial charge in [-0.2, -0.15) is 0 Å². The molecule has 1 saturated heterocycles. The molecule has 4 heteroatoms. The van der Waals surface area contributed by atoms with Gasteiger partial charge in [-0.15, -0.1) is 0 Å². The highest BCUT2D eigenvalue weighted by Gasteiger charge is 2.41. The third-order valence-corrected chi connectivity index (χ3v) is 3.60. The van der Waals surface area contributed by atoms with E-state index in [4.69, 9.17) is 4.74 Å². The van der Waals surface area contributed by atoms with E-state index in [0.717, 1.165) is 25.9 Å². The summed E-state index contributed by atoms with van der Waals surface area (Å²) >= 11 is 0. The minimum Gasteiger partial charge on any atom is -0.359 e. The molecule has 15 heavy (non-hydrogen) atoms. The number of hydrogen-bond donors (Lipinski definition) is 1. The van der Waals surface area contributed by atoms with Gasteiger partial charge in [0.2, 0.25) is 5.91 Å². The minimum atomic E-state index is -0.294. The van der Waals surface area contributed by atoms with E-state index in [0.29, 0.717) is 6.54 Å². The fraction of sp³-hybridized carbons (Fsp3) is 0.909. The molecule has 1 amide bonds. The van der Waals surface area contributed by atoms with Crippen LogP contribution in [0, 0.1) is 0 Å². The average molecular weight is 212 g/mol. The van der Waals surface area contributed by atoms with Gasteiger partial charge in [0.05, 0.1) is 6.54 Å². The van der Waals surface area contributed by atoms with E-state index in [2.05, 4.69) is 5.32 Å². The Balaban J connectivity index is 2.12. The molecule has 0 aromatic carbocycles. The fourth-order valence-electron chi connectivity index (χ4n) is 2.73. The van der Waals surface area contributed by atoms with Crippen molar-refractivity contribution in [1.82, 2.24) is 10.2 Å². The lowest BCUT2D eigenvalue weighted by atomic mass is 9.89. The smallest absolute Gasteiger partial charge is 0.238 e. The highest BCUT2D eigenvalue weighted by Crippen LogP contribution is 2.34. The molecule has 0 spiro atoms. The fourth-order valence-corrected chi connectivity index (χ4v) is 2.73. The molecule has 1 aliphatic heterocycles. The van der Waals surface area contributed by atoms with Crippen LogP contribution in [0.25, 0.3) is 0 Å². The summed E-state index contributed by atoms with van der Waals surface area (Å²) < 4.78 is 5.67. The number of ether oxygens (including phenoxy) is 1. The lowest BCUT2D eigenvalue weighted by Gasteiger charge is -2.46. The van der Waals surface area contributed by atoms with Crippen LogP contribution < -0.4 is 5.32 Å². The van der Waals surface area contributed by atoms with Gasteiger partial charge in [-0.3, -0.25) is 4.79 Å². The summed E-state index contributed by atoms with van der Waals surface area (Å²) in [7, 11) is 1.74. The van der Waals surface area contributed by atoms with Crippen molar-refractivity contribution in [2.75, 3.05) is 26.7 Å². The number of piperazine rings is 1. The van der Waals surface area contributed by atoms with Crippen LogP contribution >= 0.6 is 0 Å². The Morgan fingerprint density at radius 2 is 2.07 bits per heavy atom. The Morgan fingerprint density at radius 1 is 1.33 bits per heavy atom. The Morgan fingerprint density at radius 3 is 2.67 bits per heavy atom. The second-order valence-electron chi connectivity index (χ2n) is 4.43. The second kappa shape index (κ2) is 4.49. The maximum Gasteiger partial charge on any atom is 0.238 e. The van der Waals surface area contributed by atoms with E-state index >= 15 is 0 Å². The number of nitrogens with one attached hydrogen (secondary N) is 1. The Kier molecular flexibility index (Phi) is 3.26. The summed E-state index contributed by atoms with van der Waals surface area (Å²) in [6.45, 7) is 2.13. The Hall–Kier alpha value is -0.610. The summed E-state index contributed by atoms with van der Waals surface area (Å²) in [4.78, 5) is 13.8. The van der Waals surface area contributed by atoms with E-state index in [1.807, 2.05) is 4.90 Å². The quantitative estimate of drug-likeness (QED) is 0.733. The van der Waals surface area contributed by atoms with E-state index in [1.165, 1.54) is 19.3 Å². The molecule has 1 N–H and O–H groups in total. The number of carbonyl (C=O) groups is 1. The van der Waals surface area contributed by atoms with Crippen molar-refractivity contribution in [1.29, 1.82) is 0 Å². The van der Waals surface area contributed by atoms with Crippen LogP contribution in [0.15, 0.2) is 0 Å². The Bertz CT molecular complexity index is 237. The maximum absolute atomic E-state index is 11.8. The number of hydrogen-bond acceptors (Lipinski definition) is 3. The molecule has 4 nitrogen and oxygen atoms in total. The van der Waals surface area contributed by atoms with Crippen molar-refractivity contribution in [2.24, 2.45) is 0 Å². The molecule has 1 aliphatic carbocycles. The molecule has 0 unspecified atom stereocenters. The number of carbonyl (C=O) groups excluding carboxylic acids is 1. The molecular weight excluding hydrogens is 192 g/mol. The summed E-state index contributed by atoms with van der Waals surface area (Å²) in [6, 6.07) is 0. The van der Waals surface area contributed by atoms with Crippen LogP contribution in [0.4, 0.5) is 0 Å². The van der Waals surface area contributed by atoms with E-state index in [1.54, 1.807) is 7.11 Å². The largest absolute Gasteiger partial charge is 0.359 e. The zero-order valence-electron chi connectivity index (χ0n) is 9.42. The van der Waals surface area contributed by atoms with Gasteiger partial charge in [-0.25, -0.2) is 0 Å². The normalized spacial score (nSPS) is 26.7. The van der Waals surface area contributed by atoms with Crippen molar-refractivity contribution in [3.8, 4) is 0 Å². The first kappa shape index (κ1) is 10.9. The third kappa shape index (κ3) is 2.01. The van der Waals surface area contributed by atoms with Crippen LogP contribution in [0.3, 0.4) is 0 Å². The molecule has 0 aromatic heterocycles. The van der Waals surface area contributed by atoms with Gasteiger partial charge in [-0.05, 0) is 25.7 Å². The minimum absolute atomic E-state index is 0.185. The zero-order chi connectivity index (χ0) is 10.7. The zero-order valence-corrected chi connectivity index (χ0v) is 9.42. The predicted molar refractivity (Wildman–Crippen MR) is 57.4 cm³/mol. The molecule has 0 radical (unpaired) electrons. The van der Waals surface area contributed by atoms with Crippen LogP contribution in [0.5, 0.6) is 0 Å². The van der Waals surface area contributed by atoms with Gasteiger partial charge in [0.25, 0.3) is 0 Å². The predicted octanol–water partition coefficient (Wildman–Crippen LogP) is 0.725. The number of nitrogens with zero attached hydrogens (tertiary/aromatic N) is 1. The van der Waals surface area contributed by atoms with E-state index in [-0.39, 0.29) is 11.6 Å². The standard InChI is InChI=1S/C11H20N2O2/c1-15-11(5-3-2-4-6-11)13-8-7-12-9-10(13)14/h12H,2-9H2,1H3. The van der Waals surface area contributed by atoms with Crippen molar-refractivity contribution in [3.63, 3.8) is 0 Å². The van der Waals surface area contributed by atoms with Crippen molar-refractivity contribution >= 4 is 5.91 Å². The summed E-state index contributed by atoms with van der Waals surface area (Å²) in [5.74, 6) is 0.185. The maximum atomic E-state index is 11.8. The van der Waals surface area contributed by atoms with Crippen LogP contribution in [-0.2, 0) is 9.53 Å². The summed E-state index contributed by atoms with van der Waals surface area (Å²) in [5.41, 5.74) is -0.294. The van der Waals surface area contributed by atoms with Crippen LogP contribution in [0.1, 0.15) is 32.1 Å². The van der Waals surface area contributed by atoms with Crippen molar-refractivity contribution in [2.45, 2.75) is 37.8 Å². The highest BCUT2D eigenvalue weighted by atomic mass is 16.5. The number of amides is 1. The SMILES string of the molecule is COC1(N2CCNCC2=O)CCCCC1. The molecule has 2 rings (SSSR count). The van der Waals surface area contributed by atoms with E-state index in [9.17, 15) is 4.79 Å². The van der Waals surface area contributed by atoms with Gasteiger partial charge in [-0.1, -0.05) is 6.42 Å². The van der Waals surface area contributed by atoms with Gasteiger partial charge in [0.1, 0.15) is 5.72 Å². The van der Waals surface area contributed by atoms with Crippen LogP contribution in [-0.4, -0.2) is 43.3 Å². The van der Waals surface area contributed by atoms with Crippen molar-refractivity contribution < 1.29 is 9.53 Å². The molecule has 2 fully saturated rings. The molecule has 0 atom stereocenters. The molecule has 1 saturated carbocycles. The molecule has 86 valence electrons. The lowest BCUT2D eigenvalue weighted by Crippen LogP contribution is -2.60. The summed E-state index contributed by atoms with van der Waals surface area (Å²) in [6.07, 6.45) is 5.60. The molecule has 2 aliphatic rings. The monoisotopic (exact) mass is 212 g/mol. The van der Waals surface area contributed by atoms with Crippen LogP contribution in [0.2, 0.25) is 0 Å². The molecule has 0 bridgehead atoms. The molecule has 0 aromatic rings. The molecular formula is C11H20N2O2. The Labute approximate surface area is 91.0 Å². The second-order valence-corrected chi connectivity index (χ2v) is 4.43. The average Bonchev–Trinajstić information content (AvgIpc) is 2.30. The lowest BCUT2D eigenvalue weighted by molar-refractivity contribution is -0.180. The van der Waals surface area contributed by atoms with Gasteiger partial charge in [0.15, 0.2) is 0 Å². The number of methoxy groups -OCH3 is 1. The first-order chi connectivity index (χ1) is 7.28. The highest BCUT2D eigenvalue weighted by molar-refractivity contribution is 5.79. The molecule has 1 heterocycles. The van der Waals surface area contributed by atoms with Gasteiger partial charge in [0, 0.05) is 20.2 Å². The first-order valence-corrected chi connectivity index (χ1v) is 5.85. The summed E-state index contributed by atoms with van der Waals surface area (Å²) in [5, 5.41) is 3.10. The first-order valence-electron chi connectivity index (χ1n) is 5.85. The van der Waals surface area contributed by atoms with E-state index < -0.39 is 0 Å². The third-order valence-electron chi connectivity index (χ3n) is 3.60. The number of rotatable bonds is 2. The topological polar surface area (TPSA) is 41.6 Å².